The van der Waals surface area contributed by atoms with Gasteiger partial charge in [0.15, 0.2) is 0 Å². The van der Waals surface area contributed by atoms with E-state index < -0.39 is 0 Å². The van der Waals surface area contributed by atoms with Crippen molar-refractivity contribution in [2.45, 2.75) is 26.3 Å². The second-order valence-electron chi connectivity index (χ2n) is 3.83. The van der Waals surface area contributed by atoms with E-state index in [9.17, 15) is 4.79 Å². The number of ether oxygens (including phenoxy) is 1. The minimum absolute atomic E-state index is 0.123. The molecule has 0 aliphatic carbocycles. The molecule has 94 valence electrons. The van der Waals surface area contributed by atoms with Gasteiger partial charge in [0.1, 0.15) is 0 Å². The molecule has 1 aromatic carbocycles. The average molecular weight is 236 g/mol. The van der Waals surface area contributed by atoms with Gasteiger partial charge in [-0.2, -0.15) is 0 Å². The summed E-state index contributed by atoms with van der Waals surface area (Å²) in [6.45, 7) is 3.88. The summed E-state index contributed by atoms with van der Waals surface area (Å²) in [5.41, 5.74) is 7.56. The minimum atomic E-state index is -0.123. The summed E-state index contributed by atoms with van der Waals surface area (Å²) in [7, 11) is 0. The van der Waals surface area contributed by atoms with Crippen LogP contribution in [0, 0.1) is 0 Å². The van der Waals surface area contributed by atoms with Crippen molar-refractivity contribution in [1.82, 2.24) is 5.32 Å². The molecule has 4 nitrogen and oxygen atoms in total. The van der Waals surface area contributed by atoms with Crippen LogP contribution in [0.5, 0.6) is 0 Å². The molecule has 0 aliphatic rings. The van der Waals surface area contributed by atoms with E-state index in [0.29, 0.717) is 13.0 Å². The SMILES string of the molecule is CCOC(=O)CCCNCc1ccc(N)cc1. The van der Waals surface area contributed by atoms with Gasteiger partial charge < -0.3 is 15.8 Å². The molecule has 0 spiro atoms. The fourth-order valence-corrected chi connectivity index (χ4v) is 1.46. The number of hydrogen-bond donors (Lipinski definition) is 2. The van der Waals surface area contributed by atoms with Gasteiger partial charge in [0.25, 0.3) is 0 Å². The standard InChI is InChI=1S/C13H20N2O2/c1-2-17-13(16)4-3-9-15-10-11-5-7-12(14)8-6-11/h5-8,15H,2-4,9-10,14H2,1H3. The molecule has 0 bridgehead atoms. The number of carbonyl (C=O) groups excluding carboxylic acids is 1. The maximum Gasteiger partial charge on any atom is 0.305 e. The van der Waals surface area contributed by atoms with Crippen LogP contribution < -0.4 is 11.1 Å². The first kappa shape index (κ1) is 13.5. The first-order chi connectivity index (χ1) is 8.22. The molecule has 0 amide bonds. The van der Waals surface area contributed by atoms with Crippen LogP contribution >= 0.6 is 0 Å². The summed E-state index contributed by atoms with van der Waals surface area (Å²) in [6, 6.07) is 7.76. The lowest BCUT2D eigenvalue weighted by Gasteiger charge is -2.05. The van der Waals surface area contributed by atoms with E-state index in [0.717, 1.165) is 25.2 Å². The highest BCUT2D eigenvalue weighted by molar-refractivity contribution is 5.69. The fourth-order valence-electron chi connectivity index (χ4n) is 1.46. The molecule has 0 fully saturated rings. The highest BCUT2D eigenvalue weighted by Gasteiger charge is 2.00. The van der Waals surface area contributed by atoms with Crippen LogP contribution in [-0.4, -0.2) is 19.1 Å². The molecular weight excluding hydrogens is 216 g/mol. The highest BCUT2D eigenvalue weighted by atomic mass is 16.5. The Bertz CT molecular complexity index is 336. The maximum atomic E-state index is 11.0. The van der Waals surface area contributed by atoms with Gasteiger partial charge in [0, 0.05) is 18.7 Å². The molecule has 0 unspecified atom stereocenters. The molecule has 0 saturated carbocycles. The summed E-state index contributed by atoms with van der Waals surface area (Å²) < 4.78 is 4.84. The highest BCUT2D eigenvalue weighted by Crippen LogP contribution is 2.04. The molecule has 0 heterocycles. The predicted octanol–water partition coefficient (Wildman–Crippen LogP) is 1.70. The van der Waals surface area contributed by atoms with Gasteiger partial charge in [0.2, 0.25) is 0 Å². The van der Waals surface area contributed by atoms with Gasteiger partial charge in [-0.25, -0.2) is 0 Å². The van der Waals surface area contributed by atoms with Crippen molar-refractivity contribution >= 4 is 11.7 Å². The lowest BCUT2D eigenvalue weighted by molar-refractivity contribution is -0.143. The third-order valence-corrected chi connectivity index (χ3v) is 2.35. The molecule has 0 atom stereocenters. The molecule has 4 heteroatoms. The molecule has 17 heavy (non-hydrogen) atoms. The van der Waals surface area contributed by atoms with Gasteiger partial charge >= 0.3 is 5.97 Å². The smallest absolute Gasteiger partial charge is 0.305 e. The lowest BCUT2D eigenvalue weighted by Crippen LogP contribution is -2.16. The number of esters is 1. The molecule has 1 rings (SSSR count). The van der Waals surface area contributed by atoms with Crippen molar-refractivity contribution in [3.05, 3.63) is 29.8 Å². The van der Waals surface area contributed by atoms with Crippen LogP contribution in [0.25, 0.3) is 0 Å². The number of rotatable bonds is 7. The van der Waals surface area contributed by atoms with Crippen molar-refractivity contribution in [3.8, 4) is 0 Å². The molecule has 1 aromatic rings. The molecule has 0 radical (unpaired) electrons. The lowest BCUT2D eigenvalue weighted by atomic mass is 10.2. The van der Waals surface area contributed by atoms with Gasteiger partial charge in [-0.05, 0) is 37.6 Å². The van der Waals surface area contributed by atoms with Crippen molar-refractivity contribution in [2.75, 3.05) is 18.9 Å². The Balaban J connectivity index is 2.08. The first-order valence-electron chi connectivity index (χ1n) is 5.93. The number of nitrogens with two attached hydrogens (primary N) is 1. The molecule has 0 saturated heterocycles. The van der Waals surface area contributed by atoms with Crippen molar-refractivity contribution < 1.29 is 9.53 Å². The fraction of sp³-hybridized carbons (Fsp3) is 0.462. The largest absolute Gasteiger partial charge is 0.466 e. The first-order valence-corrected chi connectivity index (χ1v) is 5.93. The Hall–Kier alpha value is -1.55. The number of hydrogen-bond acceptors (Lipinski definition) is 4. The zero-order valence-corrected chi connectivity index (χ0v) is 10.2. The van der Waals surface area contributed by atoms with E-state index in [2.05, 4.69) is 5.32 Å². The van der Waals surface area contributed by atoms with Crippen LogP contribution in [0.2, 0.25) is 0 Å². The summed E-state index contributed by atoms with van der Waals surface area (Å²) in [5.74, 6) is -0.123. The Kier molecular flexibility index (Phi) is 6.10. The molecule has 0 aliphatic heterocycles. The third-order valence-electron chi connectivity index (χ3n) is 2.35. The Morgan fingerprint density at radius 1 is 1.35 bits per heavy atom. The summed E-state index contributed by atoms with van der Waals surface area (Å²) in [5, 5.41) is 3.27. The Morgan fingerprint density at radius 2 is 2.06 bits per heavy atom. The van der Waals surface area contributed by atoms with Gasteiger partial charge in [-0.1, -0.05) is 12.1 Å². The zero-order valence-electron chi connectivity index (χ0n) is 10.2. The van der Waals surface area contributed by atoms with Crippen molar-refractivity contribution in [1.29, 1.82) is 0 Å². The van der Waals surface area contributed by atoms with E-state index in [1.54, 1.807) is 0 Å². The zero-order chi connectivity index (χ0) is 12.5. The molecule has 0 aromatic heterocycles. The normalized spacial score (nSPS) is 10.2. The van der Waals surface area contributed by atoms with E-state index >= 15 is 0 Å². The number of anilines is 1. The van der Waals surface area contributed by atoms with Crippen LogP contribution in [0.3, 0.4) is 0 Å². The van der Waals surface area contributed by atoms with Crippen molar-refractivity contribution in [3.63, 3.8) is 0 Å². The van der Waals surface area contributed by atoms with Crippen LogP contribution in [0.15, 0.2) is 24.3 Å². The van der Waals surface area contributed by atoms with E-state index in [-0.39, 0.29) is 5.97 Å². The topological polar surface area (TPSA) is 64.3 Å². The van der Waals surface area contributed by atoms with Crippen LogP contribution in [0.1, 0.15) is 25.3 Å². The maximum absolute atomic E-state index is 11.0. The second-order valence-corrected chi connectivity index (χ2v) is 3.83. The van der Waals surface area contributed by atoms with Crippen LogP contribution in [-0.2, 0) is 16.1 Å². The van der Waals surface area contributed by atoms with Crippen molar-refractivity contribution in [2.24, 2.45) is 0 Å². The number of carbonyl (C=O) groups is 1. The van der Waals surface area contributed by atoms with E-state index in [4.69, 9.17) is 10.5 Å². The number of nitrogens with one attached hydrogen (secondary N) is 1. The molecular formula is C13H20N2O2. The summed E-state index contributed by atoms with van der Waals surface area (Å²) >= 11 is 0. The van der Waals surface area contributed by atoms with E-state index in [1.807, 2.05) is 31.2 Å². The number of benzene rings is 1. The van der Waals surface area contributed by atoms with Gasteiger partial charge in [0.05, 0.1) is 6.61 Å². The summed E-state index contributed by atoms with van der Waals surface area (Å²) in [6.07, 6.45) is 1.27. The van der Waals surface area contributed by atoms with Crippen LogP contribution in [0.4, 0.5) is 5.69 Å². The quantitative estimate of drug-likeness (QED) is 0.429. The second kappa shape index (κ2) is 7.68. The minimum Gasteiger partial charge on any atom is -0.466 e. The van der Waals surface area contributed by atoms with E-state index in [1.165, 1.54) is 5.56 Å². The average Bonchev–Trinajstić information content (AvgIpc) is 2.31. The monoisotopic (exact) mass is 236 g/mol. The van der Waals surface area contributed by atoms with Gasteiger partial charge in [-0.3, -0.25) is 4.79 Å². The summed E-state index contributed by atoms with van der Waals surface area (Å²) in [4.78, 5) is 11.0. The Labute approximate surface area is 102 Å². The third kappa shape index (κ3) is 5.92. The number of nitrogen functional groups attached to an aromatic ring is 1. The Morgan fingerprint density at radius 3 is 2.71 bits per heavy atom. The predicted molar refractivity (Wildman–Crippen MR) is 68.4 cm³/mol. The molecule has 3 N–H and O–H groups in total. The van der Waals surface area contributed by atoms with Gasteiger partial charge in [-0.15, -0.1) is 0 Å².